The molecule has 1 nitrogen and oxygen atoms in total. The van der Waals surface area contributed by atoms with E-state index in [1.807, 2.05) is 60.7 Å². The molecule has 2 rings (SSSR count). The fourth-order valence-corrected chi connectivity index (χ4v) is 1.46. The van der Waals surface area contributed by atoms with E-state index in [1.165, 1.54) is 0 Å². The fourth-order valence-electron chi connectivity index (χ4n) is 1.46. The van der Waals surface area contributed by atoms with Crippen LogP contribution in [0.15, 0.2) is 60.7 Å². The van der Waals surface area contributed by atoms with Gasteiger partial charge in [0.2, 0.25) is 0 Å². The molecule has 2 aromatic carbocycles. The molecule has 1 atom stereocenters. The second-order valence-corrected chi connectivity index (χ2v) is 3.22. The lowest BCUT2D eigenvalue weighted by Crippen LogP contribution is -1.98. The van der Waals surface area contributed by atoms with Crippen molar-refractivity contribution in [2.45, 2.75) is 6.10 Å². The average Bonchev–Trinajstić information content (AvgIpc) is 2.30. The quantitative estimate of drug-likeness (QED) is 0.772. The van der Waals surface area contributed by atoms with E-state index >= 15 is 0 Å². The molecule has 0 amide bonds. The minimum atomic E-state index is -0.516. The van der Waals surface area contributed by atoms with Crippen molar-refractivity contribution in [1.82, 2.24) is 0 Å². The molecule has 0 heterocycles. The zero-order valence-corrected chi connectivity index (χ0v) is 7.80. The van der Waals surface area contributed by atoms with Crippen molar-refractivity contribution in [3.05, 3.63) is 71.8 Å². The van der Waals surface area contributed by atoms with Crippen LogP contribution in [0.4, 0.5) is 0 Å². The summed E-state index contributed by atoms with van der Waals surface area (Å²) in [7, 11) is 0. The topological polar surface area (TPSA) is 20.2 Å². The summed E-state index contributed by atoms with van der Waals surface area (Å²) in [5.74, 6) is 0. The number of benzene rings is 2. The van der Waals surface area contributed by atoms with Gasteiger partial charge in [-0.1, -0.05) is 60.7 Å². The maximum atomic E-state index is 9.99. The van der Waals surface area contributed by atoms with Crippen LogP contribution in [-0.2, 0) is 0 Å². The Hall–Kier alpha value is -1.60. The first kappa shape index (κ1) is 8.97. The lowest BCUT2D eigenvalue weighted by Gasteiger charge is -2.10. The Morgan fingerprint density at radius 3 is 1.36 bits per heavy atom. The highest BCUT2D eigenvalue weighted by Gasteiger charge is 2.07. The van der Waals surface area contributed by atoms with Gasteiger partial charge < -0.3 is 5.11 Å². The van der Waals surface area contributed by atoms with Crippen LogP contribution in [0, 0.1) is 0 Å². The number of hydrogen-bond donors (Lipinski definition) is 1. The highest BCUT2D eigenvalue weighted by Crippen LogP contribution is 2.20. The Labute approximate surface area is 83.6 Å². The summed E-state index contributed by atoms with van der Waals surface area (Å²) in [6, 6.07) is 19.3. The monoisotopic (exact) mass is 190 g/mol. The molecule has 0 fully saturated rings. The highest BCUT2D eigenvalue weighted by atomic mass is 16.3. The Kier molecular flexibility index (Phi) is 2.61. The Balaban J connectivity index is 2.30. The summed E-state index contributed by atoms with van der Waals surface area (Å²) < 4.78 is 0. The van der Waals surface area contributed by atoms with Gasteiger partial charge in [0.25, 0.3) is 0 Å². The number of aliphatic hydroxyl groups is 1. The molecule has 70 valence electrons. The normalized spacial score (nSPS) is 12.4. The summed E-state index contributed by atoms with van der Waals surface area (Å²) in [5, 5.41) is 9.99. The van der Waals surface area contributed by atoms with Gasteiger partial charge in [-0.2, -0.15) is 0 Å². The van der Waals surface area contributed by atoms with Gasteiger partial charge in [-0.3, -0.25) is 0 Å². The molecule has 0 aromatic heterocycles. The maximum Gasteiger partial charge on any atom is 0.104 e. The zero-order valence-electron chi connectivity index (χ0n) is 7.80. The smallest absolute Gasteiger partial charge is 0.104 e. The van der Waals surface area contributed by atoms with Crippen molar-refractivity contribution >= 4 is 0 Å². The van der Waals surface area contributed by atoms with E-state index in [-0.39, 0.29) is 0 Å². The number of hydrogen-bond acceptors (Lipinski definition) is 1. The minimum Gasteiger partial charge on any atom is -0.384 e. The van der Waals surface area contributed by atoms with Gasteiger partial charge in [0.1, 0.15) is 6.10 Å². The zero-order chi connectivity index (χ0) is 9.80. The van der Waals surface area contributed by atoms with Crippen LogP contribution >= 0.6 is 0 Å². The summed E-state index contributed by atoms with van der Waals surface area (Å²) in [5.41, 5.74) is 1.86. The van der Waals surface area contributed by atoms with E-state index < -0.39 is 6.10 Å². The highest BCUT2D eigenvalue weighted by molar-refractivity contribution is 5.29. The van der Waals surface area contributed by atoms with Crippen molar-refractivity contribution in [3.8, 4) is 0 Å². The van der Waals surface area contributed by atoms with Crippen molar-refractivity contribution in [1.29, 1.82) is 0 Å². The van der Waals surface area contributed by atoms with Gasteiger partial charge in [0.15, 0.2) is 0 Å². The van der Waals surface area contributed by atoms with E-state index in [0.29, 0.717) is 0 Å². The third kappa shape index (κ3) is 1.83. The van der Waals surface area contributed by atoms with Gasteiger partial charge >= 0.3 is 0 Å². The molecule has 0 spiro atoms. The number of aliphatic hydroxyl groups excluding tert-OH is 1. The first-order chi connectivity index (χ1) is 6.88. The first-order valence-electron chi connectivity index (χ1n) is 4.66. The van der Waals surface area contributed by atoms with E-state index in [1.54, 1.807) is 0 Å². The molecule has 0 saturated heterocycles. The van der Waals surface area contributed by atoms with Crippen LogP contribution in [0.25, 0.3) is 0 Å². The summed E-state index contributed by atoms with van der Waals surface area (Å²) in [6.07, 6.45) is -0.516. The SMILES string of the molecule is O[C@H](c1ccccc1)[13c]1[13cH][13cH][13cH][13cH][13cH]1. The molecule has 0 aliphatic heterocycles. The summed E-state index contributed by atoms with van der Waals surface area (Å²) >= 11 is 0. The van der Waals surface area contributed by atoms with E-state index in [2.05, 4.69) is 0 Å². The van der Waals surface area contributed by atoms with Gasteiger partial charge in [-0.15, -0.1) is 0 Å². The minimum absolute atomic E-state index is 0.516. The predicted octanol–water partition coefficient (Wildman–Crippen LogP) is 2.77. The molecule has 0 saturated carbocycles. The standard InChI is InChI=1S/C13H12O/c14-13(11-7-3-1-4-8-11)12-9-5-2-6-10-12/h1-10,13-14H/i1+1,3+1,4+1,7+1,8+1,11+1/t13-/m0/s1. The van der Waals surface area contributed by atoms with Crippen LogP contribution in [0.1, 0.15) is 17.2 Å². The van der Waals surface area contributed by atoms with Crippen molar-refractivity contribution in [2.24, 2.45) is 0 Å². The Bertz CT molecular complexity index is 341. The molecular weight excluding hydrogens is 178 g/mol. The molecule has 0 radical (unpaired) electrons. The second kappa shape index (κ2) is 4.07. The fraction of sp³-hybridized carbons (Fsp3) is 0.0769. The molecule has 0 aliphatic rings. The average molecular weight is 190 g/mol. The molecule has 1 heteroatoms. The second-order valence-electron chi connectivity index (χ2n) is 3.22. The van der Waals surface area contributed by atoms with Crippen LogP contribution in [0.2, 0.25) is 0 Å². The lowest BCUT2D eigenvalue weighted by molar-refractivity contribution is 0.220. The molecule has 1 N–H and O–H groups in total. The Morgan fingerprint density at radius 2 is 1.00 bits per heavy atom. The lowest BCUT2D eigenvalue weighted by atomic mass is 10.2. The Morgan fingerprint density at radius 1 is 0.643 bits per heavy atom. The molecule has 0 bridgehead atoms. The molecule has 14 heavy (non-hydrogen) atoms. The van der Waals surface area contributed by atoms with Crippen LogP contribution in [0.5, 0.6) is 0 Å². The molecule has 0 unspecified atom stereocenters. The van der Waals surface area contributed by atoms with E-state index in [4.69, 9.17) is 0 Å². The van der Waals surface area contributed by atoms with Crippen LogP contribution in [0.3, 0.4) is 0 Å². The third-order valence-corrected chi connectivity index (χ3v) is 2.23. The predicted molar refractivity (Wildman–Crippen MR) is 56.9 cm³/mol. The molecular formula is C13H12O. The van der Waals surface area contributed by atoms with Gasteiger partial charge in [-0.05, 0) is 11.1 Å². The summed E-state index contributed by atoms with van der Waals surface area (Å²) in [4.78, 5) is 0. The first-order valence-corrected chi connectivity index (χ1v) is 4.66. The van der Waals surface area contributed by atoms with E-state index in [0.717, 1.165) is 11.1 Å². The molecule has 2 aromatic rings. The largest absolute Gasteiger partial charge is 0.384 e. The van der Waals surface area contributed by atoms with Crippen molar-refractivity contribution < 1.29 is 5.11 Å². The van der Waals surface area contributed by atoms with Crippen LogP contribution in [-0.4, -0.2) is 5.11 Å². The van der Waals surface area contributed by atoms with Crippen molar-refractivity contribution in [3.63, 3.8) is 0 Å². The summed E-state index contributed by atoms with van der Waals surface area (Å²) in [6.45, 7) is 0. The third-order valence-electron chi connectivity index (χ3n) is 2.23. The van der Waals surface area contributed by atoms with Gasteiger partial charge in [0.05, 0.1) is 0 Å². The van der Waals surface area contributed by atoms with Crippen LogP contribution < -0.4 is 0 Å². The maximum absolute atomic E-state index is 9.99. The van der Waals surface area contributed by atoms with Crippen molar-refractivity contribution in [2.75, 3.05) is 0 Å². The number of rotatable bonds is 2. The van der Waals surface area contributed by atoms with E-state index in [9.17, 15) is 5.11 Å². The van der Waals surface area contributed by atoms with Gasteiger partial charge in [-0.25, -0.2) is 0 Å². The van der Waals surface area contributed by atoms with Gasteiger partial charge in [0, 0.05) is 0 Å². The molecule has 0 aliphatic carbocycles.